The van der Waals surface area contributed by atoms with Gasteiger partial charge in [-0.05, 0) is 32.3 Å². The van der Waals surface area contributed by atoms with Gasteiger partial charge >= 0.3 is 0 Å². The molecule has 0 spiro atoms. The Kier molecular flexibility index (Phi) is 4.28. The van der Waals surface area contributed by atoms with Gasteiger partial charge in [-0.2, -0.15) is 10.2 Å². The number of anilines is 1. The van der Waals surface area contributed by atoms with Crippen LogP contribution < -0.4 is 4.90 Å². The van der Waals surface area contributed by atoms with Crippen molar-refractivity contribution in [2.45, 2.75) is 38.5 Å². The van der Waals surface area contributed by atoms with Crippen LogP contribution in [0, 0.1) is 0 Å². The highest BCUT2D eigenvalue weighted by Crippen LogP contribution is 2.30. The maximum absolute atomic E-state index is 5.89. The first-order chi connectivity index (χ1) is 11.7. The van der Waals surface area contributed by atoms with Crippen molar-refractivity contribution in [3.05, 3.63) is 18.3 Å². The first kappa shape index (κ1) is 15.7. The van der Waals surface area contributed by atoms with Crippen molar-refractivity contribution < 1.29 is 9.47 Å². The second kappa shape index (κ2) is 6.57. The second-order valence-electron chi connectivity index (χ2n) is 6.61. The van der Waals surface area contributed by atoms with Gasteiger partial charge in [-0.25, -0.2) is 4.68 Å². The van der Waals surface area contributed by atoms with Gasteiger partial charge in [0.15, 0.2) is 6.23 Å². The monoisotopic (exact) mass is 331 g/mol. The van der Waals surface area contributed by atoms with E-state index in [9.17, 15) is 0 Å². The van der Waals surface area contributed by atoms with Crippen molar-refractivity contribution >= 4 is 5.82 Å². The van der Waals surface area contributed by atoms with E-state index < -0.39 is 0 Å². The smallest absolute Gasteiger partial charge is 0.150 e. The van der Waals surface area contributed by atoms with E-state index in [1.165, 1.54) is 6.42 Å². The van der Waals surface area contributed by atoms with E-state index in [0.717, 1.165) is 56.4 Å². The van der Waals surface area contributed by atoms with Gasteiger partial charge in [-0.3, -0.25) is 4.68 Å². The van der Waals surface area contributed by atoms with Crippen LogP contribution in [0.2, 0.25) is 0 Å². The van der Waals surface area contributed by atoms with Crippen molar-refractivity contribution in [3.63, 3.8) is 0 Å². The minimum atomic E-state index is 0.0246. The molecule has 2 atom stereocenters. The Morgan fingerprint density at radius 2 is 2.17 bits per heavy atom. The van der Waals surface area contributed by atoms with Crippen molar-refractivity contribution in [2.24, 2.45) is 7.05 Å². The van der Waals surface area contributed by atoms with E-state index in [2.05, 4.69) is 23.0 Å². The number of nitrogens with zero attached hydrogens (tertiary/aromatic N) is 5. The number of rotatable bonds is 3. The highest BCUT2D eigenvalue weighted by molar-refractivity contribution is 5.60. The molecule has 2 aliphatic rings. The van der Waals surface area contributed by atoms with Gasteiger partial charge in [0.25, 0.3) is 0 Å². The van der Waals surface area contributed by atoms with Crippen molar-refractivity contribution in [1.29, 1.82) is 0 Å². The zero-order chi connectivity index (χ0) is 16.5. The summed E-state index contributed by atoms with van der Waals surface area (Å²) >= 11 is 0. The van der Waals surface area contributed by atoms with Crippen LogP contribution in [0.15, 0.2) is 18.3 Å². The quantitative estimate of drug-likeness (QED) is 0.863. The third kappa shape index (κ3) is 2.82. The van der Waals surface area contributed by atoms with Gasteiger partial charge < -0.3 is 14.4 Å². The zero-order valence-electron chi connectivity index (χ0n) is 14.4. The van der Waals surface area contributed by atoms with Gasteiger partial charge in [0.1, 0.15) is 11.5 Å². The molecule has 4 heterocycles. The van der Waals surface area contributed by atoms with Crippen LogP contribution in [0.3, 0.4) is 0 Å². The summed E-state index contributed by atoms with van der Waals surface area (Å²) in [6.07, 6.45) is 5.18. The largest absolute Gasteiger partial charge is 0.377 e. The molecule has 2 saturated heterocycles. The summed E-state index contributed by atoms with van der Waals surface area (Å²) in [5, 5.41) is 9.23. The Bertz CT molecular complexity index is 689. The predicted molar refractivity (Wildman–Crippen MR) is 90.9 cm³/mol. The molecular weight excluding hydrogens is 306 g/mol. The molecule has 2 aliphatic heterocycles. The van der Waals surface area contributed by atoms with E-state index in [4.69, 9.17) is 14.6 Å². The molecule has 0 N–H and O–H groups in total. The molecule has 7 heteroatoms. The molecule has 0 amide bonds. The molecule has 4 rings (SSSR count). The van der Waals surface area contributed by atoms with Crippen LogP contribution in [-0.4, -0.2) is 52.0 Å². The minimum absolute atomic E-state index is 0.0246. The van der Waals surface area contributed by atoms with Gasteiger partial charge in [0.2, 0.25) is 0 Å². The number of aryl methyl sites for hydroxylation is 1. The summed E-state index contributed by atoms with van der Waals surface area (Å²) in [4.78, 5) is 2.36. The summed E-state index contributed by atoms with van der Waals surface area (Å²) in [7, 11) is 2.00. The number of ether oxygens (including phenoxy) is 2. The highest BCUT2D eigenvalue weighted by atomic mass is 16.5. The average molecular weight is 331 g/mol. The summed E-state index contributed by atoms with van der Waals surface area (Å²) in [5.74, 6) is 1.12. The molecule has 7 nitrogen and oxygen atoms in total. The highest BCUT2D eigenvalue weighted by Gasteiger charge is 2.25. The van der Waals surface area contributed by atoms with Crippen LogP contribution in [-0.2, 0) is 16.5 Å². The van der Waals surface area contributed by atoms with Gasteiger partial charge in [-0.15, -0.1) is 0 Å². The molecule has 2 aromatic heterocycles. The molecule has 0 aliphatic carbocycles. The topological polar surface area (TPSA) is 57.3 Å². The van der Waals surface area contributed by atoms with E-state index >= 15 is 0 Å². The molecule has 130 valence electrons. The third-order valence-corrected chi connectivity index (χ3v) is 4.88. The Morgan fingerprint density at radius 1 is 1.25 bits per heavy atom. The molecule has 0 saturated carbocycles. The lowest BCUT2D eigenvalue weighted by Gasteiger charge is -2.34. The van der Waals surface area contributed by atoms with Gasteiger partial charge in [0, 0.05) is 32.5 Å². The maximum atomic E-state index is 5.89. The minimum Gasteiger partial charge on any atom is -0.377 e. The normalized spacial score (nSPS) is 25.2. The van der Waals surface area contributed by atoms with Gasteiger partial charge in [0.05, 0.1) is 24.9 Å². The van der Waals surface area contributed by atoms with E-state index in [-0.39, 0.29) is 6.23 Å². The third-order valence-electron chi connectivity index (χ3n) is 4.88. The number of morpholine rings is 1. The molecule has 0 radical (unpaired) electrons. The van der Waals surface area contributed by atoms with Crippen molar-refractivity contribution in [2.75, 3.05) is 31.3 Å². The SMILES string of the molecule is C[C@@H]1COCCN1c1cc(-c2ccnn2C2CCCCO2)nn1C. The van der Waals surface area contributed by atoms with Gasteiger partial charge in [-0.1, -0.05) is 0 Å². The lowest BCUT2D eigenvalue weighted by atomic mass is 10.2. The fourth-order valence-electron chi connectivity index (χ4n) is 3.58. The number of hydrogen-bond acceptors (Lipinski definition) is 5. The van der Waals surface area contributed by atoms with Crippen LogP contribution in [0.5, 0.6) is 0 Å². The summed E-state index contributed by atoms with van der Waals surface area (Å²) in [6.45, 7) is 5.41. The Labute approximate surface area is 142 Å². The fourth-order valence-corrected chi connectivity index (χ4v) is 3.58. The Morgan fingerprint density at radius 3 is 2.96 bits per heavy atom. The molecular formula is C17H25N5O2. The van der Waals surface area contributed by atoms with Crippen LogP contribution >= 0.6 is 0 Å². The first-order valence-electron chi connectivity index (χ1n) is 8.78. The maximum Gasteiger partial charge on any atom is 0.150 e. The fraction of sp³-hybridized carbons (Fsp3) is 0.647. The molecule has 24 heavy (non-hydrogen) atoms. The Hall–Kier alpha value is -1.86. The Balaban J connectivity index is 1.64. The van der Waals surface area contributed by atoms with Crippen LogP contribution in [0.1, 0.15) is 32.4 Å². The lowest BCUT2D eigenvalue weighted by molar-refractivity contribution is -0.0384. The second-order valence-corrected chi connectivity index (χ2v) is 6.61. The van der Waals surface area contributed by atoms with E-state index in [0.29, 0.717) is 6.04 Å². The lowest BCUT2D eigenvalue weighted by Crippen LogP contribution is -2.44. The molecule has 0 aromatic carbocycles. The predicted octanol–water partition coefficient (Wildman–Crippen LogP) is 2.21. The summed E-state index contributed by atoms with van der Waals surface area (Å²) < 4.78 is 15.4. The number of aromatic nitrogens is 4. The van der Waals surface area contributed by atoms with E-state index in [1.807, 2.05) is 28.7 Å². The summed E-state index contributed by atoms with van der Waals surface area (Å²) in [6, 6.07) is 4.53. The van der Waals surface area contributed by atoms with E-state index in [1.54, 1.807) is 0 Å². The zero-order valence-corrected chi connectivity index (χ0v) is 14.4. The molecule has 2 fully saturated rings. The van der Waals surface area contributed by atoms with Crippen LogP contribution in [0.25, 0.3) is 11.4 Å². The molecule has 2 aromatic rings. The molecule has 1 unspecified atom stereocenters. The average Bonchev–Trinajstić information content (AvgIpc) is 3.23. The molecule has 0 bridgehead atoms. The first-order valence-corrected chi connectivity index (χ1v) is 8.78. The summed E-state index contributed by atoms with van der Waals surface area (Å²) in [5.41, 5.74) is 1.96. The van der Waals surface area contributed by atoms with Crippen LogP contribution in [0.4, 0.5) is 5.82 Å². The van der Waals surface area contributed by atoms with Crippen molar-refractivity contribution in [1.82, 2.24) is 19.6 Å². The van der Waals surface area contributed by atoms with Crippen molar-refractivity contribution in [3.8, 4) is 11.4 Å². The standard InChI is InChI=1S/C17H25N5O2/c1-13-12-23-10-8-21(13)16-11-14(19-20(16)2)15-6-7-18-22(15)17-5-3-4-9-24-17/h6-7,11,13,17H,3-5,8-10,12H2,1-2H3/t13-,17?/m1/s1. The number of hydrogen-bond donors (Lipinski definition) is 0.